The SMILES string of the molecule is CC(Sc1nnc(-c2ccc(F)cc2)n1-c1ccc(F)cc1)C(=O)Nc1ccc(C#N)cc1. The van der Waals surface area contributed by atoms with E-state index in [-0.39, 0.29) is 17.5 Å². The van der Waals surface area contributed by atoms with Crippen LogP contribution in [0, 0.1) is 23.0 Å². The molecular formula is C24H17F2N5OS. The van der Waals surface area contributed by atoms with Crippen LogP contribution < -0.4 is 5.32 Å². The number of nitriles is 1. The second kappa shape index (κ2) is 9.63. The summed E-state index contributed by atoms with van der Waals surface area (Å²) in [5.41, 5.74) is 2.28. The number of amides is 1. The van der Waals surface area contributed by atoms with Crippen molar-refractivity contribution in [2.45, 2.75) is 17.3 Å². The molecule has 0 saturated carbocycles. The number of carbonyl (C=O) groups is 1. The summed E-state index contributed by atoms with van der Waals surface area (Å²) >= 11 is 1.18. The number of benzene rings is 3. The van der Waals surface area contributed by atoms with Crippen molar-refractivity contribution in [3.05, 3.63) is 90.0 Å². The van der Waals surface area contributed by atoms with Gasteiger partial charge in [-0.1, -0.05) is 11.8 Å². The molecule has 0 bridgehead atoms. The van der Waals surface area contributed by atoms with Gasteiger partial charge in [-0.2, -0.15) is 5.26 Å². The quantitative estimate of drug-likeness (QED) is 0.399. The van der Waals surface area contributed by atoms with Crippen molar-refractivity contribution in [3.63, 3.8) is 0 Å². The van der Waals surface area contributed by atoms with Gasteiger partial charge < -0.3 is 5.32 Å². The van der Waals surface area contributed by atoms with Crippen molar-refractivity contribution < 1.29 is 13.6 Å². The Balaban J connectivity index is 1.62. The van der Waals surface area contributed by atoms with Crippen LogP contribution in [0.5, 0.6) is 0 Å². The monoisotopic (exact) mass is 461 g/mol. The highest BCUT2D eigenvalue weighted by Gasteiger charge is 2.22. The molecule has 3 aromatic carbocycles. The van der Waals surface area contributed by atoms with Crippen LogP contribution in [-0.2, 0) is 4.79 Å². The molecule has 33 heavy (non-hydrogen) atoms. The van der Waals surface area contributed by atoms with Gasteiger partial charge in [-0.05, 0) is 79.7 Å². The number of rotatable bonds is 6. The Morgan fingerprint density at radius 1 is 0.970 bits per heavy atom. The van der Waals surface area contributed by atoms with E-state index in [0.29, 0.717) is 33.5 Å². The predicted molar refractivity (Wildman–Crippen MR) is 122 cm³/mol. The second-order valence-corrected chi connectivity index (χ2v) is 8.37. The lowest BCUT2D eigenvalue weighted by Gasteiger charge is -2.14. The summed E-state index contributed by atoms with van der Waals surface area (Å²) in [4.78, 5) is 12.7. The summed E-state index contributed by atoms with van der Waals surface area (Å²) in [6, 6.07) is 20.2. The van der Waals surface area contributed by atoms with Crippen LogP contribution in [0.15, 0.2) is 78.0 Å². The molecule has 0 aliphatic rings. The van der Waals surface area contributed by atoms with Gasteiger partial charge in [0.25, 0.3) is 0 Å². The molecule has 1 amide bonds. The molecule has 4 rings (SSSR count). The summed E-state index contributed by atoms with van der Waals surface area (Å²) < 4.78 is 28.6. The van der Waals surface area contributed by atoms with E-state index in [0.717, 1.165) is 0 Å². The maximum absolute atomic E-state index is 13.5. The normalized spacial score (nSPS) is 11.6. The minimum atomic E-state index is -0.551. The van der Waals surface area contributed by atoms with Gasteiger partial charge in [0.05, 0.1) is 16.9 Å². The van der Waals surface area contributed by atoms with Gasteiger partial charge in [0.15, 0.2) is 11.0 Å². The number of nitrogens with one attached hydrogen (secondary N) is 1. The van der Waals surface area contributed by atoms with E-state index in [9.17, 15) is 13.6 Å². The smallest absolute Gasteiger partial charge is 0.237 e. The van der Waals surface area contributed by atoms with Crippen LogP contribution in [0.1, 0.15) is 12.5 Å². The lowest BCUT2D eigenvalue weighted by Crippen LogP contribution is -2.22. The number of thioether (sulfide) groups is 1. The van der Waals surface area contributed by atoms with Gasteiger partial charge in [-0.3, -0.25) is 9.36 Å². The fourth-order valence-corrected chi connectivity index (χ4v) is 3.91. The Morgan fingerprint density at radius 3 is 2.18 bits per heavy atom. The van der Waals surface area contributed by atoms with E-state index >= 15 is 0 Å². The third-order valence-corrected chi connectivity index (χ3v) is 5.80. The summed E-state index contributed by atoms with van der Waals surface area (Å²) in [5, 5.41) is 20.1. The minimum absolute atomic E-state index is 0.262. The van der Waals surface area contributed by atoms with Crippen LogP contribution in [-0.4, -0.2) is 25.9 Å². The molecule has 6 nitrogen and oxygen atoms in total. The molecule has 0 radical (unpaired) electrons. The van der Waals surface area contributed by atoms with E-state index < -0.39 is 5.25 Å². The molecule has 1 N–H and O–H groups in total. The number of hydrogen-bond acceptors (Lipinski definition) is 5. The van der Waals surface area contributed by atoms with Gasteiger partial charge in [-0.25, -0.2) is 8.78 Å². The zero-order valence-electron chi connectivity index (χ0n) is 17.4. The highest BCUT2D eigenvalue weighted by Crippen LogP contribution is 2.30. The van der Waals surface area contributed by atoms with Crippen LogP contribution in [0.4, 0.5) is 14.5 Å². The topological polar surface area (TPSA) is 83.6 Å². The Kier molecular flexibility index (Phi) is 6.47. The molecule has 1 unspecified atom stereocenters. The van der Waals surface area contributed by atoms with E-state index in [1.54, 1.807) is 60.0 Å². The standard InChI is InChI=1S/C24H17F2N5OS/c1-15(23(32)28-20-10-2-16(14-27)3-11-20)33-24-30-29-22(17-4-6-18(25)7-5-17)31(24)21-12-8-19(26)9-13-21/h2-13,15H,1H3,(H,28,32). The fraction of sp³-hybridized carbons (Fsp3) is 0.0833. The minimum Gasteiger partial charge on any atom is -0.325 e. The van der Waals surface area contributed by atoms with Gasteiger partial charge in [0.1, 0.15) is 11.6 Å². The molecule has 9 heteroatoms. The third kappa shape index (κ3) is 5.07. The van der Waals surface area contributed by atoms with Crippen LogP contribution in [0.25, 0.3) is 17.1 Å². The molecule has 0 spiro atoms. The Bertz CT molecular complexity index is 1310. The average molecular weight is 461 g/mol. The first kappa shape index (κ1) is 22.2. The summed E-state index contributed by atoms with van der Waals surface area (Å²) in [5.74, 6) is -0.598. The highest BCUT2D eigenvalue weighted by atomic mass is 32.2. The highest BCUT2D eigenvalue weighted by molar-refractivity contribution is 8.00. The first-order valence-corrected chi connectivity index (χ1v) is 10.8. The van der Waals surface area contributed by atoms with E-state index in [1.165, 1.54) is 36.0 Å². The van der Waals surface area contributed by atoms with Crippen molar-refractivity contribution in [2.24, 2.45) is 0 Å². The number of aromatic nitrogens is 3. The van der Waals surface area contributed by atoms with Crippen LogP contribution >= 0.6 is 11.8 Å². The molecular weight excluding hydrogens is 444 g/mol. The molecule has 0 fully saturated rings. The first-order chi connectivity index (χ1) is 15.9. The molecule has 0 saturated heterocycles. The fourth-order valence-electron chi connectivity index (χ4n) is 3.04. The average Bonchev–Trinajstić information content (AvgIpc) is 3.24. The second-order valence-electron chi connectivity index (χ2n) is 7.06. The lowest BCUT2D eigenvalue weighted by molar-refractivity contribution is -0.115. The van der Waals surface area contributed by atoms with Crippen molar-refractivity contribution in [3.8, 4) is 23.1 Å². The largest absolute Gasteiger partial charge is 0.325 e. The van der Waals surface area contributed by atoms with Crippen molar-refractivity contribution >= 4 is 23.4 Å². The zero-order chi connectivity index (χ0) is 23.4. The molecule has 4 aromatic rings. The molecule has 0 aliphatic carbocycles. The Labute approximate surface area is 192 Å². The third-order valence-electron chi connectivity index (χ3n) is 4.75. The summed E-state index contributed by atoms with van der Waals surface area (Å²) in [6.45, 7) is 1.73. The van der Waals surface area contributed by atoms with Gasteiger partial charge >= 0.3 is 0 Å². The van der Waals surface area contributed by atoms with Gasteiger partial charge in [-0.15, -0.1) is 10.2 Å². The number of hydrogen-bond donors (Lipinski definition) is 1. The zero-order valence-corrected chi connectivity index (χ0v) is 18.2. The lowest BCUT2D eigenvalue weighted by atomic mass is 10.2. The maximum Gasteiger partial charge on any atom is 0.237 e. The number of carbonyl (C=O) groups excluding carboxylic acids is 1. The van der Waals surface area contributed by atoms with Crippen LogP contribution in [0.3, 0.4) is 0 Å². The van der Waals surface area contributed by atoms with Gasteiger partial charge in [0.2, 0.25) is 5.91 Å². The summed E-state index contributed by atoms with van der Waals surface area (Å²) in [7, 11) is 0. The van der Waals surface area contributed by atoms with Crippen molar-refractivity contribution in [1.29, 1.82) is 5.26 Å². The number of anilines is 1. The Hall–Kier alpha value is -4.03. The summed E-state index contributed by atoms with van der Waals surface area (Å²) in [6.07, 6.45) is 0. The van der Waals surface area contributed by atoms with Crippen molar-refractivity contribution in [1.82, 2.24) is 14.8 Å². The molecule has 1 atom stereocenters. The molecule has 1 heterocycles. The first-order valence-electron chi connectivity index (χ1n) is 9.89. The van der Waals surface area contributed by atoms with E-state index in [2.05, 4.69) is 15.5 Å². The predicted octanol–water partition coefficient (Wildman–Crippen LogP) is 5.20. The Morgan fingerprint density at radius 2 is 1.58 bits per heavy atom. The van der Waals surface area contributed by atoms with Crippen LogP contribution in [0.2, 0.25) is 0 Å². The molecule has 164 valence electrons. The number of nitrogens with zero attached hydrogens (tertiary/aromatic N) is 4. The molecule has 0 aliphatic heterocycles. The maximum atomic E-state index is 13.5. The van der Waals surface area contributed by atoms with E-state index in [1.807, 2.05) is 6.07 Å². The number of halogens is 2. The van der Waals surface area contributed by atoms with E-state index in [4.69, 9.17) is 5.26 Å². The molecule has 1 aromatic heterocycles. The van der Waals surface area contributed by atoms with Crippen molar-refractivity contribution in [2.75, 3.05) is 5.32 Å². The van der Waals surface area contributed by atoms with Gasteiger partial charge in [0, 0.05) is 16.9 Å².